The average molecular weight is 295 g/mol. The molecule has 1 aliphatic rings. The van der Waals surface area contributed by atoms with E-state index in [2.05, 4.69) is 0 Å². The van der Waals surface area contributed by atoms with Gasteiger partial charge in [0.25, 0.3) is 0 Å². The van der Waals surface area contributed by atoms with Gasteiger partial charge in [-0.3, -0.25) is 0 Å². The maximum Gasteiger partial charge on any atom is 0.244 e. The highest BCUT2D eigenvalue weighted by Gasteiger charge is 2.32. The Morgan fingerprint density at radius 3 is 2.65 bits per heavy atom. The molecule has 1 aliphatic heterocycles. The summed E-state index contributed by atoms with van der Waals surface area (Å²) in [6.45, 7) is 0.748. The molecule has 0 amide bonds. The normalized spacial score (nSPS) is 21.9. The molecule has 1 fully saturated rings. The van der Waals surface area contributed by atoms with Crippen LogP contribution in [0.1, 0.15) is 6.42 Å². The van der Waals surface area contributed by atoms with Crippen molar-refractivity contribution < 1.29 is 8.42 Å². The summed E-state index contributed by atoms with van der Waals surface area (Å²) in [6, 6.07) is 4.29. The molecule has 1 saturated heterocycles. The van der Waals surface area contributed by atoms with Crippen LogP contribution in [0, 0.1) is 0 Å². The van der Waals surface area contributed by atoms with Gasteiger partial charge >= 0.3 is 0 Å². The van der Waals surface area contributed by atoms with Crippen LogP contribution < -0.4 is 5.73 Å². The molecule has 0 aromatic heterocycles. The Labute approximate surface area is 110 Å². The predicted octanol–water partition coefficient (Wildman–Crippen LogP) is 1.72. The summed E-state index contributed by atoms with van der Waals surface area (Å²) in [5, 5.41) is 0.520. The molecule has 7 heteroatoms. The van der Waals surface area contributed by atoms with Gasteiger partial charge in [0.2, 0.25) is 10.0 Å². The predicted molar refractivity (Wildman–Crippen MR) is 67.8 cm³/mol. The second kappa shape index (κ2) is 4.74. The molecule has 0 spiro atoms. The van der Waals surface area contributed by atoms with Crippen LogP contribution in [-0.4, -0.2) is 31.9 Å². The Kier molecular flexibility index (Phi) is 3.66. The average Bonchev–Trinajstić information content (AvgIpc) is 2.69. The van der Waals surface area contributed by atoms with Crippen LogP contribution in [0.3, 0.4) is 0 Å². The van der Waals surface area contributed by atoms with Gasteiger partial charge in [0.15, 0.2) is 0 Å². The minimum absolute atomic E-state index is 0.0424. The number of nitrogens with two attached hydrogens (primary N) is 1. The zero-order chi connectivity index (χ0) is 12.6. The summed E-state index contributed by atoms with van der Waals surface area (Å²) in [6.07, 6.45) is 0.664. The Bertz CT molecular complexity index is 533. The van der Waals surface area contributed by atoms with E-state index in [9.17, 15) is 8.42 Å². The summed E-state index contributed by atoms with van der Waals surface area (Å²) in [7, 11) is -3.59. The molecule has 0 unspecified atom stereocenters. The molecule has 94 valence electrons. The number of hydrogen-bond donors (Lipinski definition) is 1. The number of rotatable bonds is 2. The lowest BCUT2D eigenvalue weighted by Gasteiger charge is -2.16. The number of nitrogens with zero attached hydrogens (tertiary/aromatic N) is 1. The van der Waals surface area contributed by atoms with Crippen LogP contribution in [-0.2, 0) is 10.0 Å². The number of benzene rings is 1. The van der Waals surface area contributed by atoms with Crippen molar-refractivity contribution in [2.24, 2.45) is 5.73 Å². The van der Waals surface area contributed by atoms with Crippen molar-refractivity contribution in [3.8, 4) is 0 Å². The topological polar surface area (TPSA) is 63.4 Å². The van der Waals surface area contributed by atoms with Crippen molar-refractivity contribution in [2.75, 3.05) is 13.1 Å². The highest BCUT2D eigenvalue weighted by Crippen LogP contribution is 2.29. The van der Waals surface area contributed by atoms with E-state index in [1.54, 1.807) is 6.07 Å². The molecule has 1 aromatic rings. The fraction of sp³-hybridized carbons (Fsp3) is 0.400. The first kappa shape index (κ1) is 13.1. The second-order valence-electron chi connectivity index (χ2n) is 3.99. The van der Waals surface area contributed by atoms with E-state index in [1.807, 2.05) is 0 Å². The fourth-order valence-corrected chi connectivity index (χ4v) is 4.04. The minimum atomic E-state index is -3.59. The summed E-state index contributed by atoms with van der Waals surface area (Å²) in [5.41, 5.74) is 5.70. The van der Waals surface area contributed by atoms with E-state index in [1.165, 1.54) is 16.4 Å². The zero-order valence-corrected chi connectivity index (χ0v) is 11.3. The fourth-order valence-electron chi connectivity index (χ4n) is 1.79. The smallest absolute Gasteiger partial charge is 0.244 e. The standard InChI is InChI=1S/C10H12Cl2N2O2S/c11-7-1-2-9(12)10(5-7)17(15,16)14-4-3-8(13)6-14/h1-2,5,8H,3-4,6,13H2/t8-/m1/s1. The zero-order valence-electron chi connectivity index (χ0n) is 8.94. The van der Waals surface area contributed by atoms with Crippen molar-refractivity contribution in [2.45, 2.75) is 17.4 Å². The first-order chi connectivity index (χ1) is 7.91. The van der Waals surface area contributed by atoms with Gasteiger partial charge < -0.3 is 5.73 Å². The summed E-state index contributed by atoms with van der Waals surface area (Å²) in [4.78, 5) is 0.0424. The van der Waals surface area contributed by atoms with E-state index >= 15 is 0 Å². The summed E-state index contributed by atoms with van der Waals surface area (Å²) in [5.74, 6) is 0. The van der Waals surface area contributed by atoms with E-state index in [-0.39, 0.29) is 16.0 Å². The van der Waals surface area contributed by atoms with Crippen molar-refractivity contribution in [3.63, 3.8) is 0 Å². The number of hydrogen-bond acceptors (Lipinski definition) is 3. The Morgan fingerprint density at radius 1 is 1.35 bits per heavy atom. The summed E-state index contributed by atoms with van der Waals surface area (Å²) < 4.78 is 25.9. The van der Waals surface area contributed by atoms with Gasteiger partial charge in [0.05, 0.1) is 5.02 Å². The molecule has 0 saturated carbocycles. The van der Waals surface area contributed by atoms with Crippen molar-refractivity contribution in [3.05, 3.63) is 28.2 Å². The van der Waals surface area contributed by atoms with Crippen LogP contribution in [0.2, 0.25) is 10.0 Å². The van der Waals surface area contributed by atoms with Crippen molar-refractivity contribution >= 4 is 33.2 Å². The molecular formula is C10H12Cl2N2O2S. The van der Waals surface area contributed by atoms with Crippen molar-refractivity contribution in [1.82, 2.24) is 4.31 Å². The molecule has 1 aromatic carbocycles. The molecule has 17 heavy (non-hydrogen) atoms. The number of sulfonamides is 1. The van der Waals surface area contributed by atoms with E-state index in [0.29, 0.717) is 24.5 Å². The molecule has 2 N–H and O–H groups in total. The molecule has 0 bridgehead atoms. The molecule has 0 radical (unpaired) electrons. The first-order valence-electron chi connectivity index (χ1n) is 5.12. The molecule has 4 nitrogen and oxygen atoms in total. The molecular weight excluding hydrogens is 283 g/mol. The lowest BCUT2D eigenvalue weighted by molar-refractivity contribution is 0.472. The maximum absolute atomic E-state index is 12.3. The van der Waals surface area contributed by atoms with Crippen LogP contribution in [0.25, 0.3) is 0 Å². The first-order valence-corrected chi connectivity index (χ1v) is 7.31. The number of halogens is 2. The molecule has 1 heterocycles. The Hall–Kier alpha value is -0.330. The van der Waals surface area contributed by atoms with Gasteiger partial charge in [-0.1, -0.05) is 23.2 Å². The molecule has 0 aliphatic carbocycles. The molecule has 1 atom stereocenters. The van der Waals surface area contributed by atoms with E-state index in [0.717, 1.165) is 0 Å². The highest BCUT2D eigenvalue weighted by atomic mass is 35.5. The van der Waals surface area contributed by atoms with Gasteiger partial charge in [-0.25, -0.2) is 8.42 Å². The van der Waals surface area contributed by atoms with Crippen molar-refractivity contribution in [1.29, 1.82) is 0 Å². The monoisotopic (exact) mass is 294 g/mol. The van der Waals surface area contributed by atoms with Gasteiger partial charge in [0, 0.05) is 24.2 Å². The highest BCUT2D eigenvalue weighted by molar-refractivity contribution is 7.89. The third-order valence-electron chi connectivity index (χ3n) is 2.70. The van der Waals surface area contributed by atoms with Gasteiger partial charge in [-0.2, -0.15) is 4.31 Å². The largest absolute Gasteiger partial charge is 0.326 e. The SMILES string of the molecule is N[C@@H]1CCN(S(=O)(=O)c2cc(Cl)ccc2Cl)C1. The quantitative estimate of drug-likeness (QED) is 0.903. The minimum Gasteiger partial charge on any atom is -0.326 e. The van der Waals surface area contributed by atoms with Crippen LogP contribution in [0.4, 0.5) is 0 Å². The van der Waals surface area contributed by atoms with Gasteiger partial charge in [-0.05, 0) is 24.6 Å². The molecule has 2 rings (SSSR count). The summed E-state index contributed by atoms with van der Waals surface area (Å²) >= 11 is 11.7. The van der Waals surface area contributed by atoms with Gasteiger partial charge in [0.1, 0.15) is 4.90 Å². The second-order valence-corrected chi connectivity index (χ2v) is 6.74. The van der Waals surface area contributed by atoms with Crippen LogP contribution >= 0.6 is 23.2 Å². The van der Waals surface area contributed by atoms with Crippen LogP contribution in [0.5, 0.6) is 0 Å². The maximum atomic E-state index is 12.3. The Balaban J connectivity index is 2.41. The van der Waals surface area contributed by atoms with Crippen LogP contribution in [0.15, 0.2) is 23.1 Å². The van der Waals surface area contributed by atoms with Gasteiger partial charge in [-0.15, -0.1) is 0 Å². The van der Waals surface area contributed by atoms with E-state index in [4.69, 9.17) is 28.9 Å². The Morgan fingerprint density at radius 2 is 2.06 bits per heavy atom. The van der Waals surface area contributed by atoms with E-state index < -0.39 is 10.0 Å². The lowest BCUT2D eigenvalue weighted by Crippen LogP contribution is -2.32. The lowest BCUT2D eigenvalue weighted by atomic mass is 10.3. The third-order valence-corrected chi connectivity index (χ3v) is 5.28. The third kappa shape index (κ3) is 2.58.